The van der Waals surface area contributed by atoms with Crippen LogP contribution in [0.3, 0.4) is 0 Å². The van der Waals surface area contributed by atoms with Crippen molar-refractivity contribution in [1.82, 2.24) is 0 Å². The summed E-state index contributed by atoms with van der Waals surface area (Å²) in [5, 5.41) is 37.6. The lowest BCUT2D eigenvalue weighted by atomic mass is 10.0. The van der Waals surface area contributed by atoms with Crippen LogP contribution in [0.2, 0.25) is 0 Å². The van der Waals surface area contributed by atoms with Crippen LogP contribution in [0.1, 0.15) is 193 Å². The van der Waals surface area contributed by atoms with Gasteiger partial charge in [-0.05, 0) is 69.4 Å². The second-order valence-electron chi connectivity index (χ2n) is 13.4. The van der Waals surface area contributed by atoms with Crippen LogP contribution < -0.4 is 0 Å². The first kappa shape index (κ1) is 44.7. The highest BCUT2D eigenvalue weighted by molar-refractivity contribution is 5.90. The molecule has 4 N–H and O–H groups in total. The molecule has 0 saturated carbocycles. The summed E-state index contributed by atoms with van der Waals surface area (Å²) in [4.78, 5) is 12.4. The summed E-state index contributed by atoms with van der Waals surface area (Å²) in [5.41, 5.74) is 0.397. The Labute approximate surface area is 285 Å². The van der Waals surface area contributed by atoms with Gasteiger partial charge in [0.15, 0.2) is 5.78 Å². The maximum atomic E-state index is 12.4. The van der Waals surface area contributed by atoms with Gasteiger partial charge in [0.1, 0.15) is 0 Å². The van der Waals surface area contributed by atoms with Crippen molar-refractivity contribution >= 4 is 5.78 Å². The van der Waals surface area contributed by atoms with E-state index in [1.165, 1.54) is 141 Å². The molecule has 5 nitrogen and oxygen atoms in total. The fraction of sp³-hybridized carbons (Fsp3) is 0.829. The van der Waals surface area contributed by atoms with Gasteiger partial charge in [-0.3, -0.25) is 4.79 Å². The van der Waals surface area contributed by atoms with Crippen LogP contribution >= 0.6 is 0 Å². The summed E-state index contributed by atoms with van der Waals surface area (Å²) in [5.74, 6) is 0.00527. The zero-order valence-corrected chi connectivity index (χ0v) is 30.0. The van der Waals surface area contributed by atoms with Gasteiger partial charge in [-0.1, -0.05) is 153 Å². The van der Waals surface area contributed by atoms with Crippen molar-refractivity contribution in [2.75, 3.05) is 19.8 Å². The zero-order valence-electron chi connectivity index (χ0n) is 30.0. The molecule has 270 valence electrons. The van der Waals surface area contributed by atoms with Crippen LogP contribution in [0.4, 0.5) is 0 Å². The molecule has 0 aromatic heterocycles. The first-order valence-corrected chi connectivity index (χ1v) is 19.7. The largest absolute Gasteiger partial charge is 0.396 e. The van der Waals surface area contributed by atoms with Crippen LogP contribution in [0, 0.1) is 0 Å². The summed E-state index contributed by atoms with van der Waals surface area (Å²) < 4.78 is 0. The number of carbonyl (C=O) groups excluding carboxylic acids is 1. The van der Waals surface area contributed by atoms with Gasteiger partial charge in [0.2, 0.25) is 0 Å². The molecule has 0 amide bonds. The van der Waals surface area contributed by atoms with Crippen LogP contribution in [-0.4, -0.2) is 52.1 Å². The average molecular weight is 649 g/mol. The van der Waals surface area contributed by atoms with E-state index < -0.39 is 6.10 Å². The zero-order chi connectivity index (χ0) is 33.6. The van der Waals surface area contributed by atoms with E-state index >= 15 is 0 Å². The second-order valence-corrected chi connectivity index (χ2v) is 13.4. The smallest absolute Gasteiger partial charge is 0.155 e. The Bertz CT molecular complexity index is 714. The predicted octanol–water partition coefficient (Wildman–Crippen LogP) is 10.6. The summed E-state index contributed by atoms with van der Waals surface area (Å²) >= 11 is 0. The number of carbonyl (C=O) groups is 1. The van der Waals surface area contributed by atoms with Crippen molar-refractivity contribution < 1.29 is 25.2 Å². The third-order valence-corrected chi connectivity index (χ3v) is 9.00. The molecule has 0 aliphatic rings. The topological polar surface area (TPSA) is 98.0 Å². The minimum absolute atomic E-state index is 0.00527. The second kappa shape index (κ2) is 38.2. The number of hydrogen-bond donors (Lipinski definition) is 4. The number of ketones is 1. The number of unbranched alkanes of at least 4 members (excludes halogenated alkanes) is 26. The molecule has 0 aliphatic heterocycles. The maximum absolute atomic E-state index is 12.4. The lowest BCUT2D eigenvalue weighted by Gasteiger charge is -2.09. The summed E-state index contributed by atoms with van der Waals surface area (Å²) in [6, 6.07) is 0. The molecule has 5 heteroatoms. The van der Waals surface area contributed by atoms with E-state index in [-0.39, 0.29) is 12.4 Å². The molecule has 0 bridgehead atoms. The van der Waals surface area contributed by atoms with Crippen LogP contribution in [0.5, 0.6) is 0 Å². The molecule has 1 atom stereocenters. The van der Waals surface area contributed by atoms with E-state index in [1.54, 1.807) is 6.08 Å². The van der Waals surface area contributed by atoms with Crippen molar-refractivity contribution in [2.24, 2.45) is 0 Å². The molecule has 0 aromatic rings. The van der Waals surface area contributed by atoms with E-state index in [0.29, 0.717) is 25.2 Å². The first-order chi connectivity index (χ1) is 22.7. The van der Waals surface area contributed by atoms with Gasteiger partial charge in [-0.15, -0.1) is 0 Å². The molecule has 0 saturated heterocycles. The highest BCUT2D eigenvalue weighted by Crippen LogP contribution is 2.15. The predicted molar refractivity (Wildman–Crippen MR) is 197 cm³/mol. The molecular formula is C41H76O5. The van der Waals surface area contributed by atoms with Crippen molar-refractivity contribution in [3.05, 3.63) is 36.0 Å². The quantitative estimate of drug-likeness (QED) is 0.0305. The van der Waals surface area contributed by atoms with Crippen molar-refractivity contribution in [3.8, 4) is 0 Å². The van der Waals surface area contributed by atoms with E-state index in [0.717, 1.165) is 51.4 Å². The van der Waals surface area contributed by atoms with Crippen molar-refractivity contribution in [1.29, 1.82) is 0 Å². The Morgan fingerprint density at radius 2 is 0.761 bits per heavy atom. The van der Waals surface area contributed by atoms with Gasteiger partial charge in [0.05, 0.1) is 12.7 Å². The van der Waals surface area contributed by atoms with Crippen LogP contribution in [0.15, 0.2) is 36.0 Å². The van der Waals surface area contributed by atoms with Gasteiger partial charge in [-0.25, -0.2) is 0 Å². The highest BCUT2D eigenvalue weighted by Gasteiger charge is 2.09. The fourth-order valence-electron chi connectivity index (χ4n) is 5.93. The Balaban J connectivity index is 3.62. The molecule has 0 radical (unpaired) electrons. The number of rotatable bonds is 37. The minimum atomic E-state index is -0.884. The van der Waals surface area contributed by atoms with E-state index in [4.69, 9.17) is 10.2 Å². The molecular weight excluding hydrogens is 572 g/mol. The first-order valence-electron chi connectivity index (χ1n) is 19.7. The number of aliphatic hydroxyl groups excluding tert-OH is 4. The molecule has 0 fully saturated rings. The minimum Gasteiger partial charge on any atom is -0.396 e. The lowest BCUT2D eigenvalue weighted by molar-refractivity contribution is -0.114. The van der Waals surface area contributed by atoms with Gasteiger partial charge >= 0.3 is 0 Å². The average Bonchev–Trinajstić information content (AvgIpc) is 3.06. The molecule has 0 unspecified atom stereocenters. The van der Waals surface area contributed by atoms with Crippen molar-refractivity contribution in [2.45, 2.75) is 199 Å². The standard InChI is InChI=1S/C41H76O5/c42-35-31-27-23-19-15-11-8-6-4-2-1-3-5-7-9-13-17-21-25-29-33-40(45)37-39(38-44)41(46)34-30-26-22-18-14-10-12-16-20-24-28-32-36-43/h6,8,30,34,37,41-44,46H,1-5,7,9-29,31-33,35-36,38H2/b8-6-,34-30+,39-37+/t41-/m1/s1. The Morgan fingerprint density at radius 3 is 1.13 bits per heavy atom. The van der Waals surface area contributed by atoms with E-state index in [2.05, 4.69) is 12.2 Å². The monoisotopic (exact) mass is 649 g/mol. The molecule has 0 heterocycles. The summed E-state index contributed by atoms with van der Waals surface area (Å²) in [6.07, 6.45) is 44.4. The van der Waals surface area contributed by atoms with Crippen LogP contribution in [-0.2, 0) is 4.79 Å². The molecule has 0 aromatic carbocycles. The van der Waals surface area contributed by atoms with Gasteiger partial charge in [-0.2, -0.15) is 0 Å². The Hall–Kier alpha value is -1.27. The van der Waals surface area contributed by atoms with Gasteiger partial charge in [0.25, 0.3) is 0 Å². The SMILES string of the molecule is O=C(/C=C(\CO)[C@H](O)/C=C/CCCCCCCCCCCCO)CCCCCCCCCCCCC/C=C\CCCCCCCO. The summed E-state index contributed by atoms with van der Waals surface area (Å²) in [7, 11) is 0. The Morgan fingerprint density at radius 1 is 0.435 bits per heavy atom. The highest BCUT2D eigenvalue weighted by atomic mass is 16.3. The maximum Gasteiger partial charge on any atom is 0.155 e. The fourth-order valence-corrected chi connectivity index (χ4v) is 5.93. The number of aliphatic hydroxyl groups is 4. The van der Waals surface area contributed by atoms with E-state index in [9.17, 15) is 15.0 Å². The molecule has 0 spiro atoms. The number of allylic oxidation sites excluding steroid dienone is 4. The van der Waals surface area contributed by atoms with E-state index in [1.807, 2.05) is 6.08 Å². The molecule has 0 rings (SSSR count). The van der Waals surface area contributed by atoms with Gasteiger partial charge < -0.3 is 20.4 Å². The molecule has 0 aliphatic carbocycles. The third-order valence-electron chi connectivity index (χ3n) is 9.00. The molecule has 46 heavy (non-hydrogen) atoms. The summed E-state index contributed by atoms with van der Waals surface area (Å²) in [6.45, 7) is 0.361. The lowest BCUT2D eigenvalue weighted by Crippen LogP contribution is -2.12. The van der Waals surface area contributed by atoms with Crippen LogP contribution in [0.25, 0.3) is 0 Å². The Kier molecular flexibility index (Phi) is 37.1. The van der Waals surface area contributed by atoms with Crippen molar-refractivity contribution in [3.63, 3.8) is 0 Å². The third kappa shape index (κ3) is 34.1. The normalized spacial score (nSPS) is 13.0. The number of hydrogen-bond acceptors (Lipinski definition) is 5. The van der Waals surface area contributed by atoms with Gasteiger partial charge in [0, 0.05) is 19.6 Å².